The highest BCUT2D eigenvalue weighted by Crippen LogP contribution is 2.24. The molecule has 0 saturated heterocycles. The van der Waals surface area contributed by atoms with Gasteiger partial charge in [0, 0.05) is 18.4 Å². The van der Waals surface area contributed by atoms with E-state index in [0.29, 0.717) is 0 Å². The normalized spacial score (nSPS) is 11.6. The molecule has 8 heteroatoms. The van der Waals surface area contributed by atoms with Crippen LogP contribution in [0.15, 0.2) is 29.2 Å². The van der Waals surface area contributed by atoms with Crippen molar-refractivity contribution in [1.82, 2.24) is 0 Å². The van der Waals surface area contributed by atoms with E-state index in [2.05, 4.69) is 0 Å². The first-order valence-corrected chi connectivity index (χ1v) is 6.57. The van der Waals surface area contributed by atoms with Crippen molar-refractivity contribution in [2.45, 2.75) is 4.90 Å². The van der Waals surface area contributed by atoms with Gasteiger partial charge in [-0.2, -0.15) is 0 Å². The Balaban J connectivity index is 3.39. The van der Waals surface area contributed by atoms with Crippen LogP contribution in [-0.2, 0) is 14.6 Å². The standard InChI is InChI=1S/C10H10N2O5S/c1-18(16,17)8-4-2-7(3-5-10(11)13)9(6-8)12(14)15/h2-6H,1H3,(H2,11,13)/b5-3+. The third-order valence-corrected chi connectivity index (χ3v) is 3.16. The van der Waals surface area contributed by atoms with Crippen molar-refractivity contribution < 1.29 is 18.1 Å². The van der Waals surface area contributed by atoms with E-state index in [-0.39, 0.29) is 10.5 Å². The second-order valence-electron chi connectivity index (χ2n) is 3.49. The third kappa shape index (κ3) is 3.39. The largest absolute Gasteiger partial charge is 0.366 e. The van der Waals surface area contributed by atoms with Gasteiger partial charge in [0.05, 0.1) is 15.4 Å². The van der Waals surface area contributed by atoms with Gasteiger partial charge in [-0.05, 0) is 18.2 Å². The fourth-order valence-corrected chi connectivity index (χ4v) is 1.87. The molecule has 7 nitrogen and oxygen atoms in total. The summed E-state index contributed by atoms with van der Waals surface area (Å²) in [7, 11) is -3.53. The number of amides is 1. The number of benzene rings is 1. The highest BCUT2D eigenvalue weighted by molar-refractivity contribution is 7.90. The van der Waals surface area contributed by atoms with Crippen LogP contribution in [0.25, 0.3) is 6.08 Å². The van der Waals surface area contributed by atoms with Gasteiger partial charge in [0.1, 0.15) is 0 Å². The zero-order chi connectivity index (χ0) is 13.9. The van der Waals surface area contributed by atoms with Gasteiger partial charge < -0.3 is 5.73 Å². The van der Waals surface area contributed by atoms with Gasteiger partial charge in [0.15, 0.2) is 9.84 Å². The van der Waals surface area contributed by atoms with Crippen LogP contribution in [0, 0.1) is 10.1 Å². The molecule has 0 unspecified atom stereocenters. The Kier molecular flexibility index (Phi) is 3.82. The molecule has 0 fully saturated rings. The number of nitro groups is 1. The number of carbonyl (C=O) groups excluding carboxylic acids is 1. The van der Waals surface area contributed by atoms with E-state index in [0.717, 1.165) is 24.5 Å². The molecule has 0 aliphatic carbocycles. The summed E-state index contributed by atoms with van der Waals surface area (Å²) < 4.78 is 22.5. The Bertz CT molecular complexity index is 634. The number of carbonyl (C=O) groups is 1. The maximum absolute atomic E-state index is 11.3. The summed E-state index contributed by atoms with van der Waals surface area (Å²) in [6.07, 6.45) is 3.07. The molecule has 0 heterocycles. The minimum absolute atomic E-state index is 0.103. The SMILES string of the molecule is CS(=O)(=O)c1ccc(/C=C/C(N)=O)c([N+](=O)[O-])c1. The number of nitrogens with zero attached hydrogens (tertiary/aromatic N) is 1. The van der Waals surface area contributed by atoms with Crippen LogP contribution in [0.5, 0.6) is 0 Å². The highest BCUT2D eigenvalue weighted by atomic mass is 32.2. The van der Waals surface area contributed by atoms with Crippen LogP contribution in [-0.4, -0.2) is 25.5 Å². The number of hydrogen-bond donors (Lipinski definition) is 1. The predicted octanol–water partition coefficient (Wildman–Crippen LogP) is 0.497. The Morgan fingerprint density at radius 2 is 2.06 bits per heavy atom. The molecule has 0 bridgehead atoms. The number of sulfone groups is 1. The molecule has 0 radical (unpaired) electrons. The summed E-state index contributed by atoms with van der Waals surface area (Å²) in [5.74, 6) is -0.753. The molecule has 0 saturated carbocycles. The quantitative estimate of drug-likeness (QED) is 0.485. The number of hydrogen-bond acceptors (Lipinski definition) is 5. The van der Waals surface area contributed by atoms with Gasteiger partial charge in [-0.25, -0.2) is 8.42 Å². The Morgan fingerprint density at radius 3 is 2.50 bits per heavy atom. The topological polar surface area (TPSA) is 120 Å². The Labute approximate surface area is 103 Å². The molecule has 0 spiro atoms. The van der Waals surface area contributed by atoms with Crippen molar-refractivity contribution in [2.24, 2.45) is 5.73 Å². The lowest BCUT2D eigenvalue weighted by atomic mass is 10.1. The van der Waals surface area contributed by atoms with Crippen LogP contribution in [0.2, 0.25) is 0 Å². The van der Waals surface area contributed by atoms with Gasteiger partial charge in [0.2, 0.25) is 5.91 Å². The third-order valence-electron chi connectivity index (χ3n) is 2.05. The maximum Gasteiger partial charge on any atom is 0.277 e. The van der Waals surface area contributed by atoms with Crippen LogP contribution in [0.4, 0.5) is 5.69 Å². The van der Waals surface area contributed by atoms with E-state index in [1.54, 1.807) is 0 Å². The zero-order valence-electron chi connectivity index (χ0n) is 9.36. The number of nitrogens with two attached hydrogens (primary N) is 1. The minimum Gasteiger partial charge on any atom is -0.366 e. The second-order valence-corrected chi connectivity index (χ2v) is 5.50. The van der Waals surface area contributed by atoms with E-state index in [9.17, 15) is 23.3 Å². The molecule has 96 valence electrons. The fourth-order valence-electron chi connectivity index (χ4n) is 1.23. The number of primary amides is 1. The van der Waals surface area contributed by atoms with Gasteiger partial charge in [0.25, 0.3) is 5.69 Å². The first-order valence-electron chi connectivity index (χ1n) is 4.68. The molecular weight excluding hydrogens is 260 g/mol. The van der Waals surface area contributed by atoms with E-state index < -0.39 is 26.4 Å². The van der Waals surface area contributed by atoms with Gasteiger partial charge >= 0.3 is 0 Å². The lowest BCUT2D eigenvalue weighted by Crippen LogP contribution is -2.05. The summed E-state index contributed by atoms with van der Waals surface area (Å²) in [6.45, 7) is 0. The Hall–Kier alpha value is -2.22. The predicted molar refractivity (Wildman–Crippen MR) is 64.4 cm³/mol. The molecule has 1 aromatic carbocycles. The lowest BCUT2D eigenvalue weighted by Gasteiger charge is -2.01. The molecule has 2 N–H and O–H groups in total. The van der Waals surface area contributed by atoms with Crippen molar-refractivity contribution >= 4 is 27.5 Å². The van der Waals surface area contributed by atoms with E-state index in [1.165, 1.54) is 12.1 Å². The first-order chi connectivity index (χ1) is 8.21. The van der Waals surface area contributed by atoms with Crippen molar-refractivity contribution in [3.8, 4) is 0 Å². The van der Waals surface area contributed by atoms with Crippen LogP contribution in [0.1, 0.15) is 5.56 Å². The van der Waals surface area contributed by atoms with E-state index >= 15 is 0 Å². The van der Waals surface area contributed by atoms with Crippen molar-refractivity contribution in [3.05, 3.63) is 40.0 Å². The molecule has 0 aliphatic heterocycles. The molecular formula is C10H10N2O5S. The molecule has 1 rings (SSSR count). The smallest absolute Gasteiger partial charge is 0.277 e. The molecule has 0 aliphatic rings. The molecule has 1 aromatic rings. The average molecular weight is 270 g/mol. The average Bonchev–Trinajstić information content (AvgIpc) is 2.24. The van der Waals surface area contributed by atoms with Gasteiger partial charge in [-0.15, -0.1) is 0 Å². The van der Waals surface area contributed by atoms with Crippen molar-refractivity contribution in [1.29, 1.82) is 0 Å². The summed E-state index contributed by atoms with van der Waals surface area (Å²) in [4.78, 5) is 20.5. The second kappa shape index (κ2) is 4.96. The summed E-state index contributed by atoms with van der Waals surface area (Å²) >= 11 is 0. The summed E-state index contributed by atoms with van der Waals surface area (Å²) in [5, 5.41) is 10.8. The van der Waals surface area contributed by atoms with E-state index in [4.69, 9.17) is 5.73 Å². The maximum atomic E-state index is 11.3. The number of rotatable bonds is 4. The molecule has 18 heavy (non-hydrogen) atoms. The highest BCUT2D eigenvalue weighted by Gasteiger charge is 2.17. The van der Waals surface area contributed by atoms with Gasteiger partial charge in [-0.1, -0.05) is 0 Å². The van der Waals surface area contributed by atoms with Crippen molar-refractivity contribution in [3.63, 3.8) is 0 Å². The molecule has 0 atom stereocenters. The van der Waals surface area contributed by atoms with Crippen LogP contribution < -0.4 is 5.73 Å². The number of nitro benzene ring substituents is 1. The van der Waals surface area contributed by atoms with Gasteiger partial charge in [-0.3, -0.25) is 14.9 Å². The van der Waals surface area contributed by atoms with Crippen LogP contribution in [0.3, 0.4) is 0 Å². The van der Waals surface area contributed by atoms with Crippen molar-refractivity contribution in [2.75, 3.05) is 6.26 Å². The van der Waals surface area contributed by atoms with E-state index in [1.807, 2.05) is 0 Å². The molecule has 1 amide bonds. The lowest BCUT2D eigenvalue weighted by molar-refractivity contribution is -0.385. The minimum atomic E-state index is -3.53. The summed E-state index contributed by atoms with van der Waals surface area (Å²) in [5.41, 5.74) is 4.57. The monoisotopic (exact) mass is 270 g/mol. The van der Waals surface area contributed by atoms with Crippen LogP contribution >= 0.6 is 0 Å². The first kappa shape index (κ1) is 13.8. The zero-order valence-corrected chi connectivity index (χ0v) is 10.2. The Morgan fingerprint density at radius 1 is 1.44 bits per heavy atom. The summed E-state index contributed by atoms with van der Waals surface area (Å²) in [6, 6.07) is 3.41. The molecule has 0 aromatic heterocycles. The fraction of sp³-hybridized carbons (Fsp3) is 0.100.